The highest BCUT2D eigenvalue weighted by atomic mass is 32.2. The Morgan fingerprint density at radius 2 is 2.04 bits per heavy atom. The summed E-state index contributed by atoms with van der Waals surface area (Å²) in [6.45, 7) is 1.85. The average Bonchev–Trinajstić information content (AvgIpc) is 3.20. The van der Waals surface area contributed by atoms with Crippen LogP contribution in [0, 0.1) is 0 Å². The molecule has 0 unspecified atom stereocenters. The predicted octanol–water partition coefficient (Wildman–Crippen LogP) is -0.617. The lowest BCUT2D eigenvalue weighted by Crippen LogP contribution is -2.63. The molecule has 1 aliphatic carbocycles. The van der Waals surface area contributed by atoms with Gasteiger partial charge in [0, 0.05) is 38.1 Å². The van der Waals surface area contributed by atoms with Gasteiger partial charge in [0.25, 0.3) is 0 Å². The van der Waals surface area contributed by atoms with Crippen LogP contribution < -0.4 is 5.73 Å². The van der Waals surface area contributed by atoms with Crippen molar-refractivity contribution in [3.05, 3.63) is 30.1 Å². The molecule has 3 fully saturated rings. The van der Waals surface area contributed by atoms with Gasteiger partial charge in [0.15, 0.2) is 9.84 Å². The van der Waals surface area contributed by atoms with Crippen LogP contribution in [0.2, 0.25) is 0 Å². The number of carbonyl (C=O) groups excluding carboxylic acids is 1. The van der Waals surface area contributed by atoms with Gasteiger partial charge in [-0.05, 0) is 24.5 Å². The number of nitrogens with two attached hydrogens (primary N) is 1. The van der Waals surface area contributed by atoms with Gasteiger partial charge in [-0.3, -0.25) is 14.7 Å². The minimum Gasteiger partial charge on any atom is -0.334 e. The number of pyridine rings is 1. The Balaban J connectivity index is 1.57. The van der Waals surface area contributed by atoms with Crippen LogP contribution in [-0.4, -0.2) is 71.3 Å². The van der Waals surface area contributed by atoms with Crippen molar-refractivity contribution >= 4 is 15.7 Å². The second-order valence-electron chi connectivity index (χ2n) is 7.20. The smallest absolute Gasteiger partial charge is 0.243 e. The van der Waals surface area contributed by atoms with Crippen molar-refractivity contribution in [2.45, 2.75) is 37.0 Å². The Labute approximate surface area is 141 Å². The number of sulfone groups is 1. The largest absolute Gasteiger partial charge is 0.334 e. The second kappa shape index (κ2) is 5.50. The Hall–Kier alpha value is -1.51. The van der Waals surface area contributed by atoms with Crippen molar-refractivity contribution in [1.82, 2.24) is 14.8 Å². The summed E-state index contributed by atoms with van der Waals surface area (Å²) >= 11 is 0. The van der Waals surface area contributed by atoms with Gasteiger partial charge in [-0.1, -0.05) is 6.07 Å². The lowest BCUT2D eigenvalue weighted by molar-refractivity contribution is -0.139. The molecule has 2 atom stereocenters. The van der Waals surface area contributed by atoms with Crippen molar-refractivity contribution in [1.29, 1.82) is 0 Å². The summed E-state index contributed by atoms with van der Waals surface area (Å²) in [5, 5.41) is 0. The third-order valence-corrected chi connectivity index (χ3v) is 7.07. The number of nitrogens with zero attached hydrogens (tertiary/aromatic N) is 3. The molecule has 3 aliphatic rings. The van der Waals surface area contributed by atoms with Gasteiger partial charge >= 0.3 is 0 Å². The Kier molecular flexibility index (Phi) is 3.67. The first-order valence-electron chi connectivity index (χ1n) is 8.31. The Bertz CT molecular complexity index is 748. The van der Waals surface area contributed by atoms with Gasteiger partial charge in [0.2, 0.25) is 5.91 Å². The molecule has 4 rings (SSSR count). The third-order valence-electron chi connectivity index (χ3n) is 5.37. The molecule has 1 amide bonds. The van der Waals surface area contributed by atoms with E-state index in [1.807, 2.05) is 12.1 Å². The standard InChI is InChI=1S/C16H22N4O3S/c17-16(3-4-16)15(21)20-7-6-19(9-12-2-1-5-18-8-12)13-10-24(22,23)11-14(13)20/h1-2,5,8,13-14H,3-4,6-7,9-11,17H2/t13-,14+/m1/s1. The molecule has 2 N–H and O–H groups in total. The summed E-state index contributed by atoms with van der Waals surface area (Å²) in [5.74, 6) is 0.0816. The Morgan fingerprint density at radius 3 is 2.71 bits per heavy atom. The van der Waals surface area contributed by atoms with Gasteiger partial charge in [-0.15, -0.1) is 0 Å². The van der Waals surface area contributed by atoms with E-state index < -0.39 is 15.4 Å². The highest BCUT2D eigenvalue weighted by molar-refractivity contribution is 7.91. The average molecular weight is 350 g/mol. The fourth-order valence-corrected chi connectivity index (χ4v) is 5.85. The summed E-state index contributed by atoms with van der Waals surface area (Å²) in [4.78, 5) is 20.7. The van der Waals surface area contributed by atoms with Crippen LogP contribution in [0.1, 0.15) is 18.4 Å². The molecule has 1 saturated carbocycles. The minimum atomic E-state index is -3.14. The van der Waals surface area contributed by atoms with E-state index in [4.69, 9.17) is 5.73 Å². The second-order valence-corrected chi connectivity index (χ2v) is 9.35. The maximum Gasteiger partial charge on any atom is 0.243 e. The molecule has 130 valence electrons. The van der Waals surface area contributed by atoms with Crippen LogP contribution in [0.5, 0.6) is 0 Å². The van der Waals surface area contributed by atoms with E-state index in [-0.39, 0.29) is 29.5 Å². The van der Waals surface area contributed by atoms with Crippen LogP contribution >= 0.6 is 0 Å². The van der Waals surface area contributed by atoms with E-state index in [1.54, 1.807) is 17.3 Å². The van der Waals surface area contributed by atoms with Crippen LogP contribution in [0.3, 0.4) is 0 Å². The molecular formula is C16H22N4O3S. The van der Waals surface area contributed by atoms with Crippen molar-refractivity contribution in [2.75, 3.05) is 24.6 Å². The molecule has 1 aromatic rings. The zero-order valence-electron chi connectivity index (χ0n) is 13.5. The van der Waals surface area contributed by atoms with Crippen LogP contribution in [-0.2, 0) is 21.2 Å². The van der Waals surface area contributed by atoms with Crippen LogP contribution in [0.4, 0.5) is 0 Å². The molecule has 24 heavy (non-hydrogen) atoms. The van der Waals surface area contributed by atoms with Crippen molar-refractivity contribution in [3.8, 4) is 0 Å². The minimum absolute atomic E-state index is 0.0447. The van der Waals surface area contributed by atoms with Gasteiger partial charge in [0.05, 0.1) is 23.1 Å². The maximum atomic E-state index is 12.7. The van der Waals surface area contributed by atoms with Gasteiger partial charge in [-0.25, -0.2) is 8.42 Å². The maximum absolute atomic E-state index is 12.7. The molecule has 0 bridgehead atoms. The van der Waals surface area contributed by atoms with E-state index in [0.29, 0.717) is 32.5 Å². The van der Waals surface area contributed by atoms with Gasteiger partial charge in [0.1, 0.15) is 0 Å². The number of piperazine rings is 1. The zero-order valence-corrected chi connectivity index (χ0v) is 14.3. The molecule has 2 aliphatic heterocycles. The van der Waals surface area contributed by atoms with E-state index >= 15 is 0 Å². The number of rotatable bonds is 3. The van der Waals surface area contributed by atoms with Crippen LogP contribution in [0.15, 0.2) is 24.5 Å². The fourth-order valence-electron chi connectivity index (χ4n) is 3.83. The summed E-state index contributed by atoms with van der Waals surface area (Å²) in [6.07, 6.45) is 4.92. The quantitative estimate of drug-likeness (QED) is 0.781. The molecule has 8 heteroatoms. The first-order chi connectivity index (χ1) is 11.4. The summed E-state index contributed by atoms with van der Waals surface area (Å²) in [7, 11) is -3.14. The molecule has 0 spiro atoms. The number of hydrogen-bond acceptors (Lipinski definition) is 6. The molecule has 0 radical (unpaired) electrons. The number of hydrogen-bond donors (Lipinski definition) is 1. The van der Waals surface area contributed by atoms with Crippen LogP contribution in [0.25, 0.3) is 0 Å². The van der Waals surface area contributed by atoms with Crippen molar-refractivity contribution in [2.24, 2.45) is 5.73 Å². The van der Waals surface area contributed by atoms with E-state index in [0.717, 1.165) is 5.56 Å². The van der Waals surface area contributed by atoms with Gasteiger partial charge in [-0.2, -0.15) is 0 Å². The number of fused-ring (bicyclic) bond motifs is 1. The highest BCUT2D eigenvalue weighted by Crippen LogP contribution is 2.37. The molecule has 3 heterocycles. The first-order valence-corrected chi connectivity index (χ1v) is 10.1. The third kappa shape index (κ3) is 2.82. The zero-order chi connectivity index (χ0) is 16.9. The highest BCUT2D eigenvalue weighted by Gasteiger charge is 2.54. The summed E-state index contributed by atoms with van der Waals surface area (Å²) in [5.41, 5.74) is 6.37. The predicted molar refractivity (Wildman–Crippen MR) is 88.7 cm³/mol. The summed E-state index contributed by atoms with van der Waals surface area (Å²) < 4.78 is 24.4. The van der Waals surface area contributed by atoms with Crippen molar-refractivity contribution in [3.63, 3.8) is 0 Å². The lowest BCUT2D eigenvalue weighted by Gasteiger charge is -2.44. The molecule has 2 saturated heterocycles. The van der Waals surface area contributed by atoms with E-state index in [2.05, 4.69) is 9.88 Å². The van der Waals surface area contributed by atoms with E-state index in [1.165, 1.54) is 0 Å². The SMILES string of the molecule is NC1(C(=O)N2CCN(Cc3cccnc3)[C@@H]3CS(=O)(=O)C[C@@H]32)CC1. The van der Waals surface area contributed by atoms with Gasteiger partial charge < -0.3 is 10.6 Å². The summed E-state index contributed by atoms with van der Waals surface area (Å²) in [6, 6.07) is 3.43. The topological polar surface area (TPSA) is 96.6 Å². The first kappa shape index (κ1) is 16.0. The number of aromatic nitrogens is 1. The molecule has 1 aromatic heterocycles. The normalized spacial score (nSPS) is 30.8. The monoisotopic (exact) mass is 350 g/mol. The number of carbonyl (C=O) groups is 1. The molecule has 7 nitrogen and oxygen atoms in total. The molecule has 0 aromatic carbocycles. The fraction of sp³-hybridized carbons (Fsp3) is 0.625. The lowest BCUT2D eigenvalue weighted by atomic mass is 10.0. The van der Waals surface area contributed by atoms with Crippen molar-refractivity contribution < 1.29 is 13.2 Å². The molecular weight excluding hydrogens is 328 g/mol. The Morgan fingerprint density at radius 1 is 1.29 bits per heavy atom. The van der Waals surface area contributed by atoms with E-state index in [9.17, 15) is 13.2 Å². The number of amides is 1.